The van der Waals surface area contributed by atoms with Crippen molar-refractivity contribution in [3.8, 4) is 5.69 Å². The second-order valence-corrected chi connectivity index (χ2v) is 16.2. The first-order valence-corrected chi connectivity index (χ1v) is 18.2. The van der Waals surface area contributed by atoms with Gasteiger partial charge in [0, 0.05) is 89.1 Å². The second kappa shape index (κ2) is 13.0. The summed E-state index contributed by atoms with van der Waals surface area (Å²) in [6, 6.07) is 5.67. The van der Waals surface area contributed by atoms with Gasteiger partial charge in [0.25, 0.3) is 5.91 Å². The van der Waals surface area contributed by atoms with E-state index in [1.807, 2.05) is 23.3 Å². The Morgan fingerprint density at radius 1 is 1.02 bits per heavy atom. The van der Waals surface area contributed by atoms with E-state index in [2.05, 4.69) is 34.8 Å². The third kappa shape index (κ3) is 6.04. The van der Waals surface area contributed by atoms with E-state index in [0.717, 1.165) is 68.1 Å². The first-order chi connectivity index (χ1) is 22.9. The van der Waals surface area contributed by atoms with Crippen molar-refractivity contribution < 1.29 is 14.0 Å². The third-order valence-electron chi connectivity index (χ3n) is 12.0. The summed E-state index contributed by atoms with van der Waals surface area (Å²) in [5.74, 6) is 2.69. The Labute approximate surface area is 289 Å². The molecule has 4 fully saturated rings. The molecular formula is C38H50ClFN6O2. The summed E-state index contributed by atoms with van der Waals surface area (Å²) in [4.78, 5) is 38.8. The number of pyridine rings is 1. The van der Waals surface area contributed by atoms with E-state index < -0.39 is 5.82 Å². The second-order valence-electron chi connectivity index (χ2n) is 15.8. The van der Waals surface area contributed by atoms with Crippen molar-refractivity contribution in [1.82, 2.24) is 29.2 Å². The molecule has 0 radical (unpaired) electrons. The minimum atomic E-state index is -0.442. The van der Waals surface area contributed by atoms with Gasteiger partial charge in [0.1, 0.15) is 5.82 Å². The Morgan fingerprint density at radius 2 is 1.71 bits per heavy atom. The average molecular weight is 677 g/mol. The fraction of sp³-hybridized carbons (Fsp3) is 0.605. The van der Waals surface area contributed by atoms with Gasteiger partial charge in [-0.05, 0) is 86.5 Å². The molecule has 3 aliphatic heterocycles. The molecule has 7 rings (SSSR count). The number of amides is 2. The van der Waals surface area contributed by atoms with E-state index in [1.165, 1.54) is 25.0 Å². The van der Waals surface area contributed by atoms with Crippen molar-refractivity contribution in [2.45, 2.75) is 72.0 Å². The van der Waals surface area contributed by atoms with Crippen LogP contribution in [-0.4, -0.2) is 105 Å². The van der Waals surface area contributed by atoms with Crippen LogP contribution < -0.4 is 0 Å². The number of aromatic nitrogens is 2. The minimum absolute atomic E-state index is 0.0243. The number of nitrogens with zero attached hydrogens (tertiary/aromatic N) is 6. The summed E-state index contributed by atoms with van der Waals surface area (Å²) < 4.78 is 16.5. The molecule has 4 aliphatic rings. The molecule has 0 unspecified atom stereocenters. The van der Waals surface area contributed by atoms with Crippen molar-refractivity contribution in [3.63, 3.8) is 0 Å². The van der Waals surface area contributed by atoms with Gasteiger partial charge in [-0.1, -0.05) is 25.4 Å². The molecule has 0 spiro atoms. The van der Waals surface area contributed by atoms with E-state index in [4.69, 9.17) is 11.6 Å². The number of halogens is 2. The summed E-state index contributed by atoms with van der Waals surface area (Å²) in [6.07, 6.45) is 8.99. The summed E-state index contributed by atoms with van der Waals surface area (Å²) in [6.45, 7) is 16.7. The van der Waals surface area contributed by atoms with Crippen LogP contribution in [0.25, 0.3) is 16.6 Å². The first kappa shape index (κ1) is 33.5. The molecule has 2 aromatic heterocycles. The zero-order valence-corrected chi connectivity index (χ0v) is 30.0. The van der Waals surface area contributed by atoms with Gasteiger partial charge >= 0.3 is 0 Å². The van der Waals surface area contributed by atoms with Crippen LogP contribution in [0.2, 0.25) is 5.02 Å². The van der Waals surface area contributed by atoms with Gasteiger partial charge in [0.15, 0.2) is 0 Å². The molecular weight excluding hydrogens is 627 g/mol. The maximum absolute atomic E-state index is 14.5. The predicted octanol–water partition coefficient (Wildman–Crippen LogP) is 5.99. The molecule has 2 amide bonds. The highest BCUT2D eigenvalue weighted by molar-refractivity contribution is 6.35. The molecule has 1 saturated carbocycles. The van der Waals surface area contributed by atoms with E-state index in [0.29, 0.717) is 52.0 Å². The van der Waals surface area contributed by atoms with Gasteiger partial charge in [-0.2, -0.15) is 0 Å². The van der Waals surface area contributed by atoms with Crippen LogP contribution in [-0.2, 0) is 11.2 Å². The van der Waals surface area contributed by atoms with Gasteiger partial charge in [0.2, 0.25) is 5.91 Å². The van der Waals surface area contributed by atoms with Gasteiger partial charge in [-0.3, -0.25) is 24.4 Å². The number of hydrogen-bond donors (Lipinski definition) is 0. The molecule has 3 atom stereocenters. The van der Waals surface area contributed by atoms with E-state index in [9.17, 15) is 14.0 Å². The summed E-state index contributed by atoms with van der Waals surface area (Å²) >= 11 is 6.79. The van der Waals surface area contributed by atoms with Crippen molar-refractivity contribution >= 4 is 34.3 Å². The number of fused-ring (bicyclic) bond motifs is 2. The van der Waals surface area contributed by atoms with Crippen molar-refractivity contribution in [2.24, 2.45) is 29.6 Å². The number of benzene rings is 1. The number of rotatable bonds is 9. The molecule has 258 valence electrons. The fourth-order valence-corrected chi connectivity index (χ4v) is 9.51. The van der Waals surface area contributed by atoms with Gasteiger partial charge in [-0.25, -0.2) is 4.39 Å². The molecule has 10 heteroatoms. The Morgan fingerprint density at radius 3 is 2.33 bits per heavy atom. The Balaban J connectivity index is 1.03. The molecule has 1 aliphatic carbocycles. The zero-order chi connectivity index (χ0) is 34.0. The molecule has 0 N–H and O–H groups in total. The number of hydrogen-bond acceptors (Lipinski definition) is 5. The SMILES string of the molecule is CC(=O)N1C[C@@H]2CN([C@H]3C[C@H]([C@@H](C(C)C)N4CC(Cc5cn(-c6ccc(F)cc6C(=O)N(C)C(C)C)c6cncc(Cl)c56)C4)C3)C[C@H]2C1. The van der Waals surface area contributed by atoms with Crippen molar-refractivity contribution in [2.75, 3.05) is 46.3 Å². The lowest BCUT2D eigenvalue weighted by molar-refractivity contribution is -0.128. The lowest BCUT2D eigenvalue weighted by atomic mass is 9.70. The predicted molar refractivity (Wildman–Crippen MR) is 188 cm³/mol. The highest BCUT2D eigenvalue weighted by atomic mass is 35.5. The van der Waals surface area contributed by atoms with Gasteiger partial charge in [-0.15, -0.1) is 0 Å². The van der Waals surface area contributed by atoms with Gasteiger partial charge < -0.3 is 14.4 Å². The highest BCUT2D eigenvalue weighted by Gasteiger charge is 2.49. The maximum atomic E-state index is 14.5. The smallest absolute Gasteiger partial charge is 0.256 e. The first-order valence-electron chi connectivity index (χ1n) is 17.8. The molecule has 3 saturated heterocycles. The maximum Gasteiger partial charge on any atom is 0.256 e. The number of carbonyl (C=O) groups is 2. The standard InChI is InChI=1S/C38H50ClFN6O2/c1-22(2)37(26-10-31(11-26)44-19-28-17-43(24(5)47)18-29(28)20-44)45-15-25(16-45)9-27-21-46(35-14-41-13-33(39)36(27)35)34-8-7-30(40)12-32(34)38(48)42(6)23(3)4/h7-8,12-14,21-23,25-26,28-29,31,37H,9-11,15-20H2,1-6H3/t26-,28-,29-,31-,37-/m1/s1. The molecule has 48 heavy (non-hydrogen) atoms. The Kier molecular flexibility index (Phi) is 9.09. The fourth-order valence-electron chi connectivity index (χ4n) is 9.23. The summed E-state index contributed by atoms with van der Waals surface area (Å²) in [5.41, 5.74) is 2.90. The number of likely N-dealkylation sites (tertiary alicyclic amines) is 3. The van der Waals surface area contributed by atoms with Crippen LogP contribution in [0.4, 0.5) is 4.39 Å². The average Bonchev–Trinajstić information content (AvgIpc) is 3.68. The van der Waals surface area contributed by atoms with Crippen LogP contribution in [0, 0.1) is 35.4 Å². The van der Waals surface area contributed by atoms with Crippen LogP contribution in [0.1, 0.15) is 63.4 Å². The van der Waals surface area contributed by atoms with E-state index in [1.54, 1.807) is 37.3 Å². The molecule has 3 aromatic rings. The lowest BCUT2D eigenvalue weighted by Gasteiger charge is -2.54. The quantitative estimate of drug-likeness (QED) is 0.279. The van der Waals surface area contributed by atoms with Crippen LogP contribution in [0.15, 0.2) is 36.8 Å². The van der Waals surface area contributed by atoms with E-state index >= 15 is 0 Å². The molecule has 5 heterocycles. The molecule has 8 nitrogen and oxygen atoms in total. The summed E-state index contributed by atoms with van der Waals surface area (Å²) in [5, 5.41) is 1.54. The van der Waals surface area contributed by atoms with Gasteiger partial charge in [0.05, 0.1) is 28.0 Å². The Hall–Kier alpha value is -3.01. The van der Waals surface area contributed by atoms with E-state index in [-0.39, 0.29) is 17.9 Å². The topological polar surface area (TPSA) is 64.9 Å². The molecule has 1 aromatic carbocycles. The van der Waals surface area contributed by atoms with Crippen molar-refractivity contribution in [3.05, 3.63) is 58.8 Å². The number of carbonyl (C=O) groups excluding carboxylic acids is 2. The van der Waals surface area contributed by atoms with Crippen molar-refractivity contribution in [1.29, 1.82) is 0 Å². The van der Waals surface area contributed by atoms with Crippen LogP contribution in [0.3, 0.4) is 0 Å². The van der Waals surface area contributed by atoms with Crippen LogP contribution >= 0.6 is 11.6 Å². The lowest BCUT2D eigenvalue weighted by Crippen LogP contribution is -2.60. The monoisotopic (exact) mass is 676 g/mol. The molecule has 0 bridgehead atoms. The highest BCUT2D eigenvalue weighted by Crippen LogP contribution is 2.44. The largest absolute Gasteiger partial charge is 0.342 e. The Bertz CT molecular complexity index is 1680. The zero-order valence-electron chi connectivity index (χ0n) is 29.2. The minimum Gasteiger partial charge on any atom is -0.342 e. The third-order valence-corrected chi connectivity index (χ3v) is 12.3. The van der Waals surface area contributed by atoms with Crippen LogP contribution in [0.5, 0.6) is 0 Å². The normalized spacial score (nSPS) is 25.5. The summed E-state index contributed by atoms with van der Waals surface area (Å²) in [7, 11) is 1.75.